The van der Waals surface area contributed by atoms with Crippen LogP contribution in [0.4, 0.5) is 27.6 Å². The summed E-state index contributed by atoms with van der Waals surface area (Å²) in [5, 5.41) is 2.27. The van der Waals surface area contributed by atoms with Gasteiger partial charge < -0.3 is 10.1 Å². The number of ether oxygens (including phenoxy) is 1. The molecule has 0 spiro atoms. The number of rotatable bonds is 7. The lowest BCUT2D eigenvalue weighted by Crippen LogP contribution is -2.18. The molecule has 0 aliphatic heterocycles. The average molecular weight is 500 g/mol. The van der Waals surface area contributed by atoms with Crippen molar-refractivity contribution in [3.05, 3.63) is 72.1 Å². The first kappa shape index (κ1) is 25.1. The third kappa shape index (κ3) is 6.07. The lowest BCUT2D eigenvalue weighted by molar-refractivity contribution is -0.274. The fourth-order valence-corrected chi connectivity index (χ4v) is 3.85. The van der Waals surface area contributed by atoms with Gasteiger partial charge in [0, 0.05) is 23.1 Å². The van der Waals surface area contributed by atoms with E-state index in [2.05, 4.69) is 15.0 Å². The number of aromatic nitrogens is 1. The number of nitrogens with one attached hydrogen (secondary N) is 1. The van der Waals surface area contributed by atoms with Gasteiger partial charge in [0.05, 0.1) is 22.6 Å². The topological polar surface area (TPSA) is 85.4 Å². The first-order valence-electron chi connectivity index (χ1n) is 9.71. The zero-order chi connectivity index (χ0) is 25.1. The highest BCUT2D eigenvalue weighted by Crippen LogP contribution is 2.37. The van der Waals surface area contributed by atoms with Crippen molar-refractivity contribution in [3.63, 3.8) is 0 Å². The number of pyridine rings is 1. The molecule has 3 rings (SSSR count). The smallest absolute Gasteiger partial charge is 0.405 e. The first-order valence-corrected chi connectivity index (χ1v) is 11.4. The van der Waals surface area contributed by atoms with E-state index in [4.69, 9.17) is 0 Å². The van der Waals surface area contributed by atoms with Crippen LogP contribution >= 0.6 is 0 Å². The van der Waals surface area contributed by atoms with Gasteiger partial charge in [-0.1, -0.05) is 25.1 Å². The Morgan fingerprint density at radius 3 is 2.26 bits per heavy atom. The number of nitrogens with zero attached hydrogens (tertiary/aromatic N) is 1. The Hall–Kier alpha value is -3.54. The number of halogens is 5. The maximum atomic E-state index is 14.7. The molecule has 12 heteroatoms. The van der Waals surface area contributed by atoms with Gasteiger partial charge in [-0.2, -0.15) is 0 Å². The zero-order valence-electron chi connectivity index (χ0n) is 17.5. The summed E-state index contributed by atoms with van der Waals surface area (Å²) in [6.45, 7) is 1.47. The van der Waals surface area contributed by atoms with Crippen LogP contribution in [-0.2, 0) is 21.1 Å². The number of amides is 1. The van der Waals surface area contributed by atoms with E-state index in [1.165, 1.54) is 31.2 Å². The molecule has 3 aromatic rings. The fraction of sp³-hybridized carbons (Fsp3) is 0.182. The van der Waals surface area contributed by atoms with Crippen molar-refractivity contribution >= 4 is 21.4 Å². The van der Waals surface area contributed by atoms with Gasteiger partial charge in [0.15, 0.2) is 9.84 Å². The molecule has 1 N–H and O–H groups in total. The van der Waals surface area contributed by atoms with E-state index in [0.29, 0.717) is 0 Å². The Bertz CT molecular complexity index is 1290. The average Bonchev–Trinajstić information content (AvgIpc) is 2.73. The Kier molecular flexibility index (Phi) is 7.20. The van der Waals surface area contributed by atoms with Gasteiger partial charge in [-0.05, 0) is 30.3 Å². The normalized spacial score (nSPS) is 11.8. The summed E-state index contributed by atoms with van der Waals surface area (Å²) < 4.78 is 94.7. The number of hydrogen-bond acceptors (Lipinski definition) is 5. The summed E-state index contributed by atoms with van der Waals surface area (Å²) in [6.07, 6.45) is -4.28. The molecular weight excluding hydrogens is 483 g/mol. The number of benzene rings is 2. The third-order valence-corrected chi connectivity index (χ3v) is 6.31. The van der Waals surface area contributed by atoms with Gasteiger partial charge >= 0.3 is 6.36 Å². The number of alkyl halides is 3. The largest absolute Gasteiger partial charge is 0.573 e. The van der Waals surface area contributed by atoms with E-state index in [9.17, 15) is 35.2 Å². The molecule has 34 heavy (non-hydrogen) atoms. The second-order valence-electron chi connectivity index (χ2n) is 6.97. The molecule has 0 aliphatic carbocycles. The van der Waals surface area contributed by atoms with Gasteiger partial charge in [0.25, 0.3) is 0 Å². The lowest BCUT2D eigenvalue weighted by atomic mass is 10.0. The van der Waals surface area contributed by atoms with Crippen LogP contribution in [0.1, 0.15) is 12.6 Å². The number of carbonyl (C=O) groups excluding carboxylic acids is 1. The fourth-order valence-electron chi connectivity index (χ4n) is 3.03. The maximum absolute atomic E-state index is 14.7. The molecule has 0 atom stereocenters. The van der Waals surface area contributed by atoms with Gasteiger partial charge in [0.2, 0.25) is 5.91 Å². The predicted molar refractivity (Wildman–Crippen MR) is 113 cm³/mol. The third-order valence-electron chi connectivity index (χ3n) is 4.59. The van der Waals surface area contributed by atoms with Crippen LogP contribution in [0.25, 0.3) is 11.1 Å². The van der Waals surface area contributed by atoms with Gasteiger partial charge in [-0.15, -0.1) is 13.2 Å². The van der Waals surface area contributed by atoms with Gasteiger partial charge in [-0.25, -0.2) is 17.2 Å². The second kappa shape index (κ2) is 9.75. The number of hydrogen-bond donors (Lipinski definition) is 1. The SMILES string of the molecule is CCS(=O)(=O)c1ccc(CC(=O)Nc2cc(F)c(-c3ccccc3OC(F)(F)F)c(F)c2)nc1. The highest BCUT2D eigenvalue weighted by Gasteiger charge is 2.33. The molecule has 1 heterocycles. The molecule has 2 aromatic carbocycles. The number of carbonyl (C=O) groups is 1. The number of para-hydroxylation sites is 1. The van der Waals surface area contributed by atoms with Gasteiger partial charge in [0.1, 0.15) is 17.4 Å². The van der Waals surface area contributed by atoms with E-state index >= 15 is 0 Å². The highest BCUT2D eigenvalue weighted by molar-refractivity contribution is 7.91. The summed E-state index contributed by atoms with van der Waals surface area (Å²) in [6, 6.07) is 8.63. The summed E-state index contributed by atoms with van der Waals surface area (Å²) in [5.41, 5.74) is -1.28. The highest BCUT2D eigenvalue weighted by atomic mass is 32.2. The molecule has 1 aromatic heterocycles. The zero-order valence-corrected chi connectivity index (χ0v) is 18.3. The molecule has 0 aliphatic rings. The minimum Gasteiger partial charge on any atom is -0.405 e. The Morgan fingerprint density at radius 2 is 1.71 bits per heavy atom. The van der Waals surface area contributed by atoms with Crippen molar-refractivity contribution in [2.24, 2.45) is 0 Å². The molecule has 6 nitrogen and oxygen atoms in total. The van der Waals surface area contributed by atoms with Crippen molar-refractivity contribution in [3.8, 4) is 16.9 Å². The Balaban J connectivity index is 1.79. The van der Waals surface area contributed by atoms with Crippen molar-refractivity contribution in [2.75, 3.05) is 11.1 Å². The van der Waals surface area contributed by atoms with Crippen molar-refractivity contribution in [1.29, 1.82) is 0 Å². The van der Waals surface area contributed by atoms with Crippen LogP contribution in [0.2, 0.25) is 0 Å². The molecule has 0 saturated carbocycles. The molecule has 0 radical (unpaired) electrons. The van der Waals surface area contributed by atoms with Crippen LogP contribution < -0.4 is 10.1 Å². The monoisotopic (exact) mass is 500 g/mol. The van der Waals surface area contributed by atoms with Crippen LogP contribution in [0.15, 0.2) is 59.6 Å². The summed E-state index contributed by atoms with van der Waals surface area (Å²) in [7, 11) is -3.46. The minimum atomic E-state index is -5.07. The quantitative estimate of drug-likeness (QED) is 0.467. The van der Waals surface area contributed by atoms with Crippen molar-refractivity contribution in [1.82, 2.24) is 4.98 Å². The Labute approximate surface area is 191 Å². The van der Waals surface area contributed by atoms with E-state index < -0.39 is 50.6 Å². The molecule has 180 valence electrons. The lowest BCUT2D eigenvalue weighted by Gasteiger charge is -2.15. The molecule has 0 fully saturated rings. The number of sulfone groups is 1. The summed E-state index contributed by atoms with van der Waals surface area (Å²) in [4.78, 5) is 16.2. The maximum Gasteiger partial charge on any atom is 0.573 e. The van der Waals surface area contributed by atoms with E-state index in [1.54, 1.807) is 0 Å². The first-order chi connectivity index (χ1) is 15.9. The molecule has 1 amide bonds. The molecular formula is C22H17F5N2O4S. The molecule has 0 bridgehead atoms. The summed E-state index contributed by atoms with van der Waals surface area (Å²) >= 11 is 0. The molecule has 0 saturated heterocycles. The standard InChI is InChI=1S/C22H17F5N2O4S/c1-2-34(31,32)15-8-7-13(28-12-15)11-20(30)29-14-9-17(23)21(18(24)10-14)16-5-3-4-6-19(16)33-22(25,26)27/h3-10,12H,2,11H2,1H3,(H,29,30). The van der Waals surface area contributed by atoms with Crippen LogP contribution in [-0.4, -0.2) is 31.4 Å². The van der Waals surface area contributed by atoms with E-state index in [1.807, 2.05) is 0 Å². The molecule has 0 unspecified atom stereocenters. The van der Waals surface area contributed by atoms with Gasteiger partial charge in [-0.3, -0.25) is 9.78 Å². The van der Waals surface area contributed by atoms with Crippen LogP contribution in [0, 0.1) is 11.6 Å². The summed E-state index contributed by atoms with van der Waals surface area (Å²) in [5.74, 6) is -4.05. The van der Waals surface area contributed by atoms with Crippen molar-refractivity contribution in [2.45, 2.75) is 24.6 Å². The second-order valence-corrected chi connectivity index (χ2v) is 9.25. The number of anilines is 1. The predicted octanol–water partition coefficient (Wildman–Crippen LogP) is 4.90. The van der Waals surface area contributed by atoms with Crippen LogP contribution in [0.5, 0.6) is 5.75 Å². The van der Waals surface area contributed by atoms with E-state index in [0.717, 1.165) is 30.5 Å². The van der Waals surface area contributed by atoms with Crippen molar-refractivity contribution < 1.29 is 39.9 Å². The minimum absolute atomic E-state index is 0.00586. The Morgan fingerprint density at radius 1 is 1.06 bits per heavy atom. The van der Waals surface area contributed by atoms with Crippen LogP contribution in [0.3, 0.4) is 0 Å². The van der Waals surface area contributed by atoms with E-state index in [-0.39, 0.29) is 28.5 Å².